The first-order valence-corrected chi connectivity index (χ1v) is 9.09. The van der Waals surface area contributed by atoms with Crippen LogP contribution in [0.25, 0.3) is 0 Å². The largest absolute Gasteiger partial charge is 0.158 e. The first-order chi connectivity index (χ1) is 6.62. The van der Waals surface area contributed by atoms with Gasteiger partial charge in [-0.15, -0.1) is 35.3 Å². The Morgan fingerprint density at radius 1 is 0.929 bits per heavy atom. The second kappa shape index (κ2) is 4.72. The van der Waals surface area contributed by atoms with Gasteiger partial charge in [0.2, 0.25) is 0 Å². The van der Waals surface area contributed by atoms with Crippen LogP contribution in [-0.2, 0) is 0 Å². The van der Waals surface area contributed by atoms with Gasteiger partial charge in [0.1, 0.15) is 3.41 Å². The van der Waals surface area contributed by atoms with E-state index in [1.807, 2.05) is 0 Å². The summed E-state index contributed by atoms with van der Waals surface area (Å²) in [6.45, 7) is 7.19. The molecule has 14 heavy (non-hydrogen) atoms. The molecule has 2 saturated heterocycles. The van der Waals surface area contributed by atoms with E-state index in [0.29, 0.717) is 3.41 Å². The summed E-state index contributed by atoms with van der Waals surface area (Å²) in [6.07, 6.45) is 0. The van der Waals surface area contributed by atoms with Gasteiger partial charge in [0, 0.05) is 22.0 Å². The summed E-state index contributed by atoms with van der Waals surface area (Å²) in [6, 6.07) is 0. The number of rotatable bonds is 0. The molecule has 2 aliphatic heterocycles. The van der Waals surface area contributed by atoms with E-state index in [0.717, 1.165) is 16.4 Å². The molecule has 0 aromatic carbocycles. The van der Waals surface area contributed by atoms with Gasteiger partial charge in [-0.3, -0.25) is 0 Å². The Bertz CT molecular complexity index is 208. The van der Waals surface area contributed by atoms with Crippen molar-refractivity contribution in [3.63, 3.8) is 0 Å². The van der Waals surface area contributed by atoms with Crippen molar-refractivity contribution in [1.29, 1.82) is 0 Å². The lowest BCUT2D eigenvalue weighted by molar-refractivity contribution is 0.709. The minimum absolute atomic E-state index is 0.497. The van der Waals surface area contributed by atoms with E-state index in [-0.39, 0.29) is 0 Å². The third kappa shape index (κ3) is 2.38. The first-order valence-electron chi connectivity index (χ1n) is 5.20. The molecule has 0 saturated carbocycles. The number of hydrogen-bond acceptors (Lipinski definition) is 4. The predicted molar refractivity (Wildman–Crippen MR) is 75.8 cm³/mol. The topological polar surface area (TPSA) is 0 Å². The van der Waals surface area contributed by atoms with Crippen molar-refractivity contribution in [1.82, 2.24) is 0 Å². The fourth-order valence-corrected chi connectivity index (χ4v) is 9.23. The summed E-state index contributed by atoms with van der Waals surface area (Å²) in [4.78, 5) is 0. The molecule has 0 aliphatic carbocycles. The van der Waals surface area contributed by atoms with Gasteiger partial charge >= 0.3 is 0 Å². The zero-order chi connectivity index (χ0) is 10.2. The van der Waals surface area contributed by atoms with Gasteiger partial charge in [-0.1, -0.05) is 20.8 Å². The molecular formula is C10H18S4. The minimum Gasteiger partial charge on any atom is -0.158 e. The highest BCUT2D eigenvalue weighted by atomic mass is 32.3. The Hall–Kier alpha value is 1.40. The molecular weight excluding hydrogens is 248 g/mol. The number of hydrogen-bond donors (Lipinski definition) is 0. The fourth-order valence-electron chi connectivity index (χ4n) is 1.75. The van der Waals surface area contributed by atoms with E-state index in [1.54, 1.807) is 0 Å². The molecule has 2 aliphatic rings. The van der Waals surface area contributed by atoms with Crippen LogP contribution in [0, 0.1) is 5.92 Å². The second-order valence-electron chi connectivity index (χ2n) is 4.20. The van der Waals surface area contributed by atoms with E-state index < -0.39 is 0 Å². The Labute approximate surface area is 105 Å². The molecule has 2 fully saturated rings. The van der Waals surface area contributed by atoms with Gasteiger partial charge in [0.25, 0.3) is 0 Å². The fraction of sp³-hybridized carbons (Fsp3) is 1.00. The Balaban J connectivity index is 2.08. The van der Waals surface area contributed by atoms with Crippen LogP contribution in [0.5, 0.6) is 0 Å². The van der Waals surface area contributed by atoms with Gasteiger partial charge in [0.15, 0.2) is 0 Å². The lowest BCUT2D eigenvalue weighted by Gasteiger charge is -2.31. The molecule has 1 spiro atoms. The highest BCUT2D eigenvalue weighted by molar-refractivity contribution is 8.36. The molecule has 0 aromatic heterocycles. The van der Waals surface area contributed by atoms with Gasteiger partial charge in [-0.25, -0.2) is 0 Å². The zero-order valence-corrected chi connectivity index (χ0v) is 12.3. The van der Waals surface area contributed by atoms with Gasteiger partial charge in [-0.05, 0) is 11.7 Å². The van der Waals surface area contributed by atoms with Gasteiger partial charge < -0.3 is 0 Å². The van der Waals surface area contributed by atoms with Crippen molar-refractivity contribution in [3.05, 3.63) is 0 Å². The van der Waals surface area contributed by atoms with Crippen molar-refractivity contribution >= 4 is 47.0 Å². The van der Waals surface area contributed by atoms with E-state index in [9.17, 15) is 0 Å². The quantitative estimate of drug-likeness (QED) is 0.649. The van der Waals surface area contributed by atoms with Crippen LogP contribution >= 0.6 is 47.0 Å². The molecule has 0 N–H and O–H groups in total. The zero-order valence-electron chi connectivity index (χ0n) is 8.99. The summed E-state index contributed by atoms with van der Waals surface area (Å²) in [5, 5.41) is 1.70. The Morgan fingerprint density at radius 3 is 2.14 bits per heavy atom. The minimum atomic E-state index is 0.497. The van der Waals surface area contributed by atoms with Crippen LogP contribution in [-0.4, -0.2) is 31.2 Å². The maximum Gasteiger partial charge on any atom is 0.110 e. The number of thioether (sulfide) groups is 4. The normalized spacial score (nSPS) is 49.5. The van der Waals surface area contributed by atoms with Gasteiger partial charge in [-0.2, -0.15) is 11.8 Å². The average Bonchev–Trinajstić information content (AvgIpc) is 2.48. The Morgan fingerprint density at radius 2 is 1.57 bits per heavy atom. The van der Waals surface area contributed by atoms with Crippen molar-refractivity contribution in [3.8, 4) is 0 Å². The van der Waals surface area contributed by atoms with Crippen LogP contribution in [0.1, 0.15) is 20.8 Å². The van der Waals surface area contributed by atoms with Crippen molar-refractivity contribution in [2.45, 2.75) is 34.7 Å². The standard InChI is InChI=1S/C10H18S4/c1-7-4-11-8(2)5-12-10(7)13-6-9(3)14-10/h7-9H,4-6H2,1-3H3. The predicted octanol–water partition coefficient (Wildman–Crippen LogP) is 4.01. The molecule has 0 aromatic rings. The van der Waals surface area contributed by atoms with Crippen LogP contribution < -0.4 is 0 Å². The summed E-state index contributed by atoms with van der Waals surface area (Å²) in [7, 11) is 0. The average molecular weight is 267 g/mol. The monoisotopic (exact) mass is 266 g/mol. The first kappa shape index (κ1) is 11.9. The third-order valence-corrected chi connectivity index (χ3v) is 10.7. The molecule has 4 atom stereocenters. The molecule has 0 bridgehead atoms. The summed E-state index contributed by atoms with van der Waals surface area (Å²) in [5.41, 5.74) is 0. The van der Waals surface area contributed by atoms with Crippen molar-refractivity contribution in [2.24, 2.45) is 5.92 Å². The second-order valence-corrected chi connectivity index (χ2v) is 10.7. The maximum atomic E-state index is 2.44. The summed E-state index contributed by atoms with van der Waals surface area (Å²) >= 11 is 8.82. The van der Waals surface area contributed by atoms with E-state index in [2.05, 4.69) is 67.8 Å². The maximum absolute atomic E-state index is 2.44. The van der Waals surface area contributed by atoms with Crippen LogP contribution in [0.3, 0.4) is 0 Å². The van der Waals surface area contributed by atoms with Crippen molar-refractivity contribution in [2.75, 3.05) is 17.3 Å². The highest BCUT2D eigenvalue weighted by Gasteiger charge is 2.45. The molecule has 2 heterocycles. The SMILES string of the molecule is CC1CSC2(SCC(C)S2)C(C)CS1. The van der Waals surface area contributed by atoms with Gasteiger partial charge in [0.05, 0.1) is 0 Å². The Kier molecular flexibility index (Phi) is 4.00. The molecule has 0 radical (unpaired) electrons. The van der Waals surface area contributed by atoms with Crippen LogP contribution in [0.2, 0.25) is 0 Å². The lowest BCUT2D eigenvalue weighted by atomic mass is 10.2. The van der Waals surface area contributed by atoms with E-state index >= 15 is 0 Å². The molecule has 4 unspecified atom stereocenters. The van der Waals surface area contributed by atoms with Crippen LogP contribution in [0.15, 0.2) is 0 Å². The molecule has 0 nitrogen and oxygen atoms in total. The summed E-state index contributed by atoms with van der Waals surface area (Å²) in [5.74, 6) is 4.88. The molecule has 2 rings (SSSR count). The molecule has 82 valence electrons. The lowest BCUT2D eigenvalue weighted by Crippen LogP contribution is -2.24. The molecule has 4 heteroatoms. The molecule has 0 amide bonds. The highest BCUT2D eigenvalue weighted by Crippen LogP contribution is 2.61. The van der Waals surface area contributed by atoms with E-state index in [4.69, 9.17) is 0 Å². The smallest absolute Gasteiger partial charge is 0.110 e. The third-order valence-electron chi connectivity index (χ3n) is 2.64. The van der Waals surface area contributed by atoms with E-state index in [1.165, 1.54) is 17.3 Å². The summed E-state index contributed by atoms with van der Waals surface area (Å²) < 4.78 is 0.497. The van der Waals surface area contributed by atoms with Crippen molar-refractivity contribution < 1.29 is 0 Å². The van der Waals surface area contributed by atoms with Crippen LogP contribution in [0.4, 0.5) is 0 Å².